The monoisotopic (exact) mass is 1220 g/mol. The molecule has 9 rings (SSSR count). The van der Waals surface area contributed by atoms with Crippen molar-refractivity contribution < 1.29 is 58.2 Å². The van der Waals surface area contributed by atoms with E-state index in [9.17, 15) is 44.6 Å². The number of rotatable bonds is 30. The number of nitrogens with zero attached hydrogens (tertiary/aromatic N) is 4. The van der Waals surface area contributed by atoms with Crippen LogP contribution in [0.1, 0.15) is 151 Å². The number of aliphatic hydroxyl groups is 1. The summed E-state index contributed by atoms with van der Waals surface area (Å²) in [7, 11) is 6.58. The lowest BCUT2D eigenvalue weighted by Crippen LogP contribution is -2.68. The predicted octanol–water partition coefficient (Wildman–Crippen LogP) is 6.34. The maximum atomic E-state index is 14.2. The minimum atomic E-state index is -0.784. The Labute approximate surface area is 513 Å². The highest BCUT2D eigenvalue weighted by Gasteiger charge is 2.57. The first-order chi connectivity index (χ1) is 42.1. The van der Waals surface area contributed by atoms with Gasteiger partial charge in [0.15, 0.2) is 11.5 Å². The molecule has 4 aromatic rings. The first kappa shape index (κ1) is 64.2. The number of likely N-dealkylation sites (N-methyl/N-ethyl adjacent to an activating group) is 1. The Morgan fingerprint density at radius 3 is 2.01 bits per heavy atom. The molecule has 3 aromatic carbocycles. The number of aromatic hydroxyl groups is 2. The molecule has 6 amide bonds. The number of aliphatic hydroxyl groups excluding tert-OH is 1. The van der Waals surface area contributed by atoms with Crippen LogP contribution in [-0.2, 0) is 33.8 Å². The van der Waals surface area contributed by atoms with E-state index in [2.05, 4.69) is 47.8 Å². The number of benzene rings is 3. The van der Waals surface area contributed by atoms with Crippen molar-refractivity contribution in [3.63, 3.8) is 0 Å². The highest BCUT2D eigenvalue weighted by Crippen LogP contribution is 2.58. The molecule has 5 aliphatic heterocycles. The third-order valence-corrected chi connectivity index (χ3v) is 19.7. The van der Waals surface area contributed by atoms with Gasteiger partial charge in [-0.2, -0.15) is 17.0 Å². The number of hydrogen-bond acceptors (Lipinski definition) is 17. The quantitative estimate of drug-likeness (QED) is 0.0203. The van der Waals surface area contributed by atoms with E-state index in [1.165, 1.54) is 7.11 Å². The van der Waals surface area contributed by atoms with Gasteiger partial charge in [0.2, 0.25) is 17.7 Å². The molecule has 0 unspecified atom stereocenters. The van der Waals surface area contributed by atoms with Crippen LogP contribution in [0.4, 0.5) is 4.79 Å². The molecule has 9 N–H and O–H groups in total. The normalized spacial score (nSPS) is 21.7. The minimum Gasteiger partial charge on any atom is -0.507 e. The smallest absolute Gasteiger partial charge is 0.315 e. The minimum absolute atomic E-state index is 0.00175. The Balaban J connectivity index is 0.678. The second-order valence-electron chi connectivity index (χ2n) is 23.5. The number of nitrogens with one attached hydrogen (secondary N) is 6. The van der Waals surface area contributed by atoms with Crippen LogP contribution in [0.3, 0.4) is 0 Å². The van der Waals surface area contributed by atoms with Gasteiger partial charge in [0.1, 0.15) is 34.7 Å². The molecular weight excluding hydrogens is 1130 g/mol. The van der Waals surface area contributed by atoms with Gasteiger partial charge in [-0.25, -0.2) is 9.78 Å². The zero-order valence-corrected chi connectivity index (χ0v) is 51.8. The molecule has 3 fully saturated rings. The number of amides is 6. The highest BCUT2D eigenvalue weighted by atomic mass is 32.2. The number of carbonyl (C=O) groups excluding carboxylic acids is 5. The maximum Gasteiger partial charge on any atom is 0.315 e. The van der Waals surface area contributed by atoms with Crippen molar-refractivity contribution in [3.05, 3.63) is 75.0 Å². The Morgan fingerprint density at radius 2 is 1.37 bits per heavy atom. The van der Waals surface area contributed by atoms with Crippen LogP contribution in [-0.4, -0.2) is 162 Å². The van der Waals surface area contributed by atoms with Gasteiger partial charge in [-0.3, -0.25) is 29.0 Å². The number of phenols is 2. The summed E-state index contributed by atoms with van der Waals surface area (Å²) in [5, 5.41) is 64.9. The number of nitriles is 1. The molecule has 0 saturated carbocycles. The summed E-state index contributed by atoms with van der Waals surface area (Å²) in [6, 6.07) is 8.94. The predicted molar refractivity (Wildman–Crippen MR) is 329 cm³/mol. The van der Waals surface area contributed by atoms with E-state index in [0.29, 0.717) is 120 Å². The van der Waals surface area contributed by atoms with Crippen molar-refractivity contribution in [1.82, 2.24) is 46.7 Å². The average molecular weight is 1220 g/mol. The zero-order valence-electron chi connectivity index (χ0n) is 51.0. The van der Waals surface area contributed by atoms with Crippen molar-refractivity contribution in [1.29, 1.82) is 5.26 Å². The Morgan fingerprint density at radius 1 is 0.747 bits per heavy atom. The summed E-state index contributed by atoms with van der Waals surface area (Å²) < 4.78 is 23.8. The van der Waals surface area contributed by atoms with Gasteiger partial charge in [0.05, 0.1) is 70.3 Å². The summed E-state index contributed by atoms with van der Waals surface area (Å²) in [5.41, 5.74) is 4.81. The highest BCUT2D eigenvalue weighted by molar-refractivity contribution is 8.00. The van der Waals surface area contributed by atoms with Crippen LogP contribution in [0, 0.1) is 25.2 Å². The van der Waals surface area contributed by atoms with Crippen molar-refractivity contribution in [2.24, 2.45) is 0 Å². The second-order valence-corrected chi connectivity index (χ2v) is 24.8. The number of piperazine rings is 1. The van der Waals surface area contributed by atoms with Gasteiger partial charge in [0, 0.05) is 113 Å². The van der Waals surface area contributed by atoms with E-state index in [0.717, 1.165) is 87.3 Å². The molecule has 6 heterocycles. The Kier molecular flexibility index (Phi) is 21.9. The van der Waals surface area contributed by atoms with Crippen LogP contribution in [0.25, 0.3) is 10.9 Å². The largest absolute Gasteiger partial charge is 0.507 e. The van der Waals surface area contributed by atoms with Gasteiger partial charge >= 0.3 is 6.03 Å². The molecule has 0 spiro atoms. The molecule has 87 heavy (non-hydrogen) atoms. The molecular formula is C64H86N10O12S. The molecule has 0 aliphatic carbocycles. The van der Waals surface area contributed by atoms with Crippen LogP contribution in [0.5, 0.6) is 34.5 Å². The standard InChI is InChI=1S/C64H86N10O12S/c1-36-42(34-75)58(79)54-40(60(36)83-4)31-47-57-55-41(61(84-5)37(2)62(85-6)59(55)80)30-46(73(57)3)48(32-65)74(47)49(54)33-69-63(81)44-23-21-38-29-39(22-24-43(38)70-44)86-28-16-15-27-68-52(77)19-10-8-13-25-66-51(76)18-9-7-14-26-67-53(78)20-12-11-17-50-56-45(35-87-50)71-64(82)72-56/h21-24,29,45-50,56-57,75,79-80H,7-20,25-28,30-31,33-35H2,1-6H3,(H,66,76)(H,67,78)(H,68,77)(H,69,81)(H2,71,72,82)/t45-,46+,47-,48-,49-,50-,56-,57-/m0/s1. The SMILES string of the molecule is COc1c(C)c(OC)c2c(c1O)[C@@H]1[C@@H]3Cc4c(OC)c(C)c(CO)c(O)c4[C@H](CNC(=O)c4ccc5cc(OCCCCNC(=O)CCCCCNC(=O)CCCCCNC(=O)CCCC[C@@H]6SC[C@@H]7NC(=O)N[C@@H]76)ccc5n4)N3[C@@H](C#N)[C@@H](C2)N1C. The van der Waals surface area contributed by atoms with Gasteiger partial charge in [0.25, 0.3) is 5.91 Å². The fourth-order valence-corrected chi connectivity index (χ4v) is 15.4. The number of carbonyl (C=O) groups is 5. The number of urea groups is 1. The van der Waals surface area contributed by atoms with Crippen molar-refractivity contribution >= 4 is 52.3 Å². The summed E-state index contributed by atoms with van der Waals surface area (Å²) in [5.74, 6) is 2.43. The van der Waals surface area contributed by atoms with Crippen molar-refractivity contribution in [2.45, 2.75) is 171 Å². The number of aromatic nitrogens is 1. The third-order valence-electron chi connectivity index (χ3n) is 18.2. The van der Waals surface area contributed by atoms with Gasteiger partial charge in [-0.05, 0) is 109 Å². The van der Waals surface area contributed by atoms with Gasteiger partial charge in [-0.1, -0.05) is 25.3 Å². The molecule has 22 nitrogen and oxygen atoms in total. The van der Waals surface area contributed by atoms with Crippen molar-refractivity contribution in [3.8, 4) is 40.6 Å². The lowest BCUT2D eigenvalue weighted by Gasteiger charge is -2.60. The van der Waals surface area contributed by atoms with Gasteiger partial charge < -0.3 is 66.2 Å². The van der Waals surface area contributed by atoms with Crippen LogP contribution in [0.2, 0.25) is 0 Å². The first-order valence-corrected chi connectivity index (χ1v) is 31.8. The van der Waals surface area contributed by atoms with E-state index >= 15 is 0 Å². The lowest BCUT2D eigenvalue weighted by molar-refractivity contribution is -0.122. The summed E-state index contributed by atoms with van der Waals surface area (Å²) in [6.45, 7) is 5.26. The summed E-state index contributed by atoms with van der Waals surface area (Å²) in [6.07, 6.45) is 11.1. The van der Waals surface area contributed by atoms with E-state index in [1.54, 1.807) is 45.4 Å². The number of pyridine rings is 1. The molecule has 1 aromatic heterocycles. The number of phenolic OH excluding ortho intramolecular Hbond substituents is 1. The molecule has 3 saturated heterocycles. The van der Waals surface area contributed by atoms with Crippen LogP contribution >= 0.6 is 11.8 Å². The van der Waals surface area contributed by atoms with Gasteiger partial charge in [-0.15, -0.1) is 0 Å². The fraction of sp³-hybridized carbons (Fsp3) is 0.578. The Bertz CT molecular complexity index is 3210. The van der Waals surface area contributed by atoms with E-state index in [4.69, 9.17) is 23.9 Å². The topological polar surface area (TPSA) is 298 Å². The second kappa shape index (κ2) is 29.6. The van der Waals surface area contributed by atoms with E-state index in [1.807, 2.05) is 31.8 Å². The number of fused-ring (bicyclic) bond motifs is 9. The maximum absolute atomic E-state index is 14.2. The first-order valence-electron chi connectivity index (χ1n) is 30.8. The number of methoxy groups -OCH3 is 3. The molecule has 5 aliphatic rings. The van der Waals surface area contributed by atoms with E-state index < -0.39 is 36.7 Å². The summed E-state index contributed by atoms with van der Waals surface area (Å²) >= 11 is 1.89. The third kappa shape index (κ3) is 14.2. The molecule has 2 bridgehead atoms. The molecule has 8 atom stereocenters. The Hall–Kier alpha value is -7.26. The lowest BCUT2D eigenvalue weighted by atomic mass is 9.71. The molecule has 0 radical (unpaired) electrons. The zero-order chi connectivity index (χ0) is 61.9. The number of ether oxygens (including phenoxy) is 4. The molecule has 470 valence electrons. The number of thioether (sulfide) groups is 1. The van der Waals surface area contributed by atoms with E-state index in [-0.39, 0.29) is 71.2 Å². The number of hydrogen-bond donors (Lipinski definition) is 9. The summed E-state index contributed by atoms with van der Waals surface area (Å²) in [4.78, 5) is 71.7. The fourth-order valence-electron chi connectivity index (χ4n) is 13.8. The number of unbranched alkanes of at least 4 members (excludes halogenated alkanes) is 6. The molecule has 23 heteroatoms. The average Bonchev–Trinajstić information content (AvgIpc) is 1.29. The van der Waals surface area contributed by atoms with Crippen molar-refractivity contribution in [2.75, 3.05) is 66.9 Å². The van der Waals surface area contributed by atoms with Crippen LogP contribution in [0.15, 0.2) is 30.3 Å². The van der Waals surface area contributed by atoms with Crippen LogP contribution < -0.4 is 50.8 Å².